The normalized spacial score (nSPS) is 15.7. The quantitative estimate of drug-likeness (QED) is 0.658. The van der Waals surface area contributed by atoms with E-state index >= 15 is 0 Å². The van der Waals surface area contributed by atoms with Crippen LogP contribution in [0.25, 0.3) is 11.5 Å². The second-order valence-electron chi connectivity index (χ2n) is 5.46. The summed E-state index contributed by atoms with van der Waals surface area (Å²) in [5, 5.41) is 11.9. The van der Waals surface area contributed by atoms with E-state index in [1.807, 2.05) is 36.4 Å². The smallest absolute Gasteiger partial charge is 0.321 e. The lowest BCUT2D eigenvalue weighted by atomic mass is 10.2. The number of methoxy groups -OCH3 is 1. The van der Waals surface area contributed by atoms with Crippen molar-refractivity contribution in [1.29, 1.82) is 0 Å². The Morgan fingerprint density at radius 3 is 2.89 bits per heavy atom. The van der Waals surface area contributed by atoms with Gasteiger partial charge >= 0.3 is 6.01 Å². The van der Waals surface area contributed by atoms with Crippen molar-refractivity contribution < 1.29 is 9.15 Å². The Morgan fingerprint density at radius 1 is 1.37 bits per heavy atom. The number of rotatable bonds is 7. The van der Waals surface area contributed by atoms with Crippen LogP contribution in [-0.2, 0) is 0 Å². The molecule has 1 N–H and O–H groups in total. The summed E-state index contributed by atoms with van der Waals surface area (Å²) < 4.78 is 10.8. The van der Waals surface area contributed by atoms with E-state index < -0.39 is 0 Å². The molecule has 2 heterocycles. The van der Waals surface area contributed by atoms with Crippen LogP contribution in [0.4, 0.5) is 6.01 Å². The van der Waals surface area contributed by atoms with Crippen molar-refractivity contribution in [3.05, 3.63) is 59.7 Å². The average Bonchev–Trinajstić information content (AvgIpc) is 3.35. The maximum absolute atomic E-state index is 5.67. The van der Waals surface area contributed by atoms with Crippen LogP contribution in [0.5, 0.6) is 5.75 Å². The van der Waals surface area contributed by atoms with E-state index in [9.17, 15) is 0 Å². The van der Waals surface area contributed by atoms with Crippen molar-refractivity contribution in [2.24, 2.45) is 4.99 Å². The summed E-state index contributed by atoms with van der Waals surface area (Å²) in [5.41, 5.74) is 1.82. The summed E-state index contributed by atoms with van der Waals surface area (Å²) in [5.74, 6) is 2.02. The van der Waals surface area contributed by atoms with Crippen LogP contribution in [0.2, 0.25) is 0 Å². The van der Waals surface area contributed by atoms with Crippen LogP contribution in [-0.4, -0.2) is 34.5 Å². The lowest BCUT2D eigenvalue weighted by Crippen LogP contribution is -2.04. The van der Waals surface area contributed by atoms with Crippen LogP contribution in [0.3, 0.4) is 0 Å². The third kappa shape index (κ3) is 5.27. The Bertz CT molecular complexity index is 885. The van der Waals surface area contributed by atoms with E-state index in [0.29, 0.717) is 11.9 Å². The number of anilines is 1. The zero-order chi connectivity index (χ0) is 19.1. The van der Waals surface area contributed by atoms with E-state index in [4.69, 9.17) is 9.15 Å². The molecule has 8 heteroatoms. The second-order valence-corrected chi connectivity index (χ2v) is 7.36. The minimum Gasteiger partial charge on any atom is -0.497 e. The number of ether oxygens (including phenoxy) is 1. The molecular formula is C19H20N4O2S2. The predicted molar refractivity (Wildman–Crippen MR) is 114 cm³/mol. The predicted octanol–water partition coefficient (Wildman–Crippen LogP) is 4.97. The van der Waals surface area contributed by atoms with Gasteiger partial charge in [-0.25, -0.2) is 4.99 Å². The summed E-state index contributed by atoms with van der Waals surface area (Å²) in [7, 11) is 1.63. The fraction of sp³-hybridized carbons (Fsp3) is 0.211. The monoisotopic (exact) mass is 400 g/mol. The Kier molecular flexibility index (Phi) is 6.78. The first-order chi connectivity index (χ1) is 13.2. The van der Waals surface area contributed by atoms with Gasteiger partial charge in [0.15, 0.2) is 5.17 Å². The van der Waals surface area contributed by atoms with Crippen LogP contribution >= 0.6 is 23.5 Å². The number of amidine groups is 1. The van der Waals surface area contributed by atoms with Crippen molar-refractivity contribution in [2.75, 3.05) is 24.4 Å². The van der Waals surface area contributed by atoms with Gasteiger partial charge in [0.2, 0.25) is 5.89 Å². The number of hydrogen-bond donors (Lipinski definition) is 1. The molecule has 3 rings (SSSR count). The van der Waals surface area contributed by atoms with Crippen molar-refractivity contribution in [3.63, 3.8) is 0 Å². The number of thioether (sulfide) groups is 2. The lowest BCUT2D eigenvalue weighted by Gasteiger charge is -1.99. The summed E-state index contributed by atoms with van der Waals surface area (Å²) in [6, 6.07) is 7.77. The van der Waals surface area contributed by atoms with Gasteiger partial charge in [-0.2, -0.15) is 0 Å². The van der Waals surface area contributed by atoms with E-state index in [2.05, 4.69) is 39.4 Å². The molecule has 0 bridgehead atoms. The van der Waals surface area contributed by atoms with E-state index in [1.165, 1.54) is 4.91 Å². The van der Waals surface area contributed by atoms with Gasteiger partial charge in [0.25, 0.3) is 0 Å². The largest absolute Gasteiger partial charge is 0.497 e. The first-order valence-corrected chi connectivity index (χ1v) is 10.4. The van der Waals surface area contributed by atoms with Gasteiger partial charge in [-0.1, -0.05) is 29.0 Å². The molecule has 27 heavy (non-hydrogen) atoms. The minimum absolute atomic E-state index is 0.320. The van der Waals surface area contributed by atoms with Crippen molar-refractivity contribution in [3.8, 4) is 17.2 Å². The second kappa shape index (κ2) is 9.48. The number of hydrogen-bond acceptors (Lipinski definition) is 8. The number of allylic oxidation sites excluding steroid dienone is 4. The van der Waals surface area contributed by atoms with Crippen molar-refractivity contribution in [2.45, 2.75) is 6.42 Å². The molecule has 0 atom stereocenters. The molecule has 140 valence electrons. The summed E-state index contributed by atoms with van der Waals surface area (Å²) >= 11 is 3.32. The average molecular weight is 401 g/mol. The Labute approximate surface area is 166 Å². The zero-order valence-corrected chi connectivity index (χ0v) is 16.8. The van der Waals surface area contributed by atoms with Crippen molar-refractivity contribution >= 4 is 34.7 Å². The van der Waals surface area contributed by atoms with E-state index in [-0.39, 0.29) is 0 Å². The van der Waals surface area contributed by atoms with Gasteiger partial charge in [0.05, 0.1) is 12.8 Å². The molecule has 0 amide bonds. The molecule has 0 radical (unpaired) electrons. The molecule has 0 aliphatic carbocycles. The summed E-state index contributed by atoms with van der Waals surface area (Å²) in [4.78, 5) is 5.81. The number of nitrogens with zero attached hydrogens (tertiary/aromatic N) is 3. The van der Waals surface area contributed by atoms with Gasteiger partial charge in [-0.15, -0.1) is 23.4 Å². The fourth-order valence-electron chi connectivity index (χ4n) is 2.25. The molecule has 6 nitrogen and oxygen atoms in total. The maximum Gasteiger partial charge on any atom is 0.321 e. The fourth-order valence-corrected chi connectivity index (χ4v) is 3.53. The number of benzene rings is 1. The van der Waals surface area contributed by atoms with E-state index in [1.54, 1.807) is 30.6 Å². The highest BCUT2D eigenvalue weighted by atomic mass is 32.2. The molecule has 0 unspecified atom stereocenters. The van der Waals surface area contributed by atoms with Gasteiger partial charge in [0.1, 0.15) is 5.75 Å². The molecule has 0 saturated heterocycles. The van der Waals surface area contributed by atoms with Gasteiger partial charge < -0.3 is 9.15 Å². The van der Waals surface area contributed by atoms with Crippen molar-refractivity contribution in [1.82, 2.24) is 10.2 Å². The Hall–Kier alpha value is -2.45. The van der Waals surface area contributed by atoms with Gasteiger partial charge in [-0.05, 0) is 47.9 Å². The maximum atomic E-state index is 5.67. The van der Waals surface area contributed by atoms with Crippen LogP contribution in [0.1, 0.15) is 6.42 Å². The Balaban J connectivity index is 1.66. The third-order valence-electron chi connectivity index (χ3n) is 3.65. The standard InChI is InChI=1S/C19H20N4O2S2/c1-4-5-16(26-3)11-8-14-12-27-19(20-14)21-18-23-22-17(25-18)13-6-9-15(24-2)10-7-13/h4,6-11H,1,5,12H2,2-3H3,(H,20,21,23)/b14-8+,16-11+. The third-order valence-corrected chi connectivity index (χ3v) is 5.38. The molecule has 1 aromatic heterocycles. The van der Waals surface area contributed by atoms with E-state index in [0.717, 1.165) is 34.4 Å². The van der Waals surface area contributed by atoms with Gasteiger partial charge in [-0.3, -0.25) is 5.32 Å². The zero-order valence-electron chi connectivity index (χ0n) is 15.1. The summed E-state index contributed by atoms with van der Waals surface area (Å²) in [6.07, 6.45) is 8.94. The molecule has 1 aliphatic rings. The molecule has 1 aromatic carbocycles. The first kappa shape index (κ1) is 19.3. The minimum atomic E-state index is 0.320. The van der Waals surface area contributed by atoms with Crippen LogP contribution in [0, 0.1) is 0 Å². The highest BCUT2D eigenvalue weighted by molar-refractivity contribution is 8.14. The number of aromatic nitrogens is 2. The molecule has 0 fully saturated rings. The molecule has 0 spiro atoms. The molecular weight excluding hydrogens is 380 g/mol. The molecule has 0 saturated carbocycles. The van der Waals surface area contributed by atoms with Gasteiger partial charge in [0, 0.05) is 11.3 Å². The Morgan fingerprint density at radius 2 is 2.19 bits per heavy atom. The molecule has 1 aliphatic heterocycles. The highest BCUT2D eigenvalue weighted by Gasteiger charge is 2.15. The topological polar surface area (TPSA) is 72.5 Å². The number of aliphatic imine (C=N–C) groups is 1. The highest BCUT2D eigenvalue weighted by Crippen LogP contribution is 2.26. The van der Waals surface area contributed by atoms with Crippen LogP contribution < -0.4 is 10.1 Å². The summed E-state index contributed by atoms with van der Waals surface area (Å²) in [6.45, 7) is 3.77. The molecule has 2 aromatic rings. The van der Waals surface area contributed by atoms with Crippen LogP contribution in [0.15, 0.2) is 69.1 Å². The SMILES string of the molecule is C=CC/C(=C\C=C1/CSC(Nc2nnc(-c3ccc(OC)cc3)o2)=N1)SC. The first-order valence-electron chi connectivity index (χ1n) is 8.23. The lowest BCUT2D eigenvalue weighted by molar-refractivity contribution is 0.415. The number of nitrogens with one attached hydrogen (secondary N) is 1.